The molecule has 0 aromatic heterocycles. The highest BCUT2D eigenvalue weighted by molar-refractivity contribution is 6.75. The molecule has 4 aliphatic rings. The van der Waals surface area contributed by atoms with E-state index in [2.05, 4.69) is 13.8 Å². The van der Waals surface area contributed by atoms with E-state index >= 15 is 0 Å². The largest absolute Gasteiger partial charge is 0.537 e. The van der Waals surface area contributed by atoms with E-state index in [0.717, 1.165) is 43.7 Å². The van der Waals surface area contributed by atoms with Gasteiger partial charge in [-0.25, -0.2) is 0 Å². The van der Waals surface area contributed by atoms with Crippen molar-refractivity contribution >= 4 is 25.6 Å². The summed E-state index contributed by atoms with van der Waals surface area (Å²) in [4.78, 5) is 24.1. The van der Waals surface area contributed by atoms with Crippen LogP contribution < -0.4 is 5.19 Å². The summed E-state index contributed by atoms with van der Waals surface area (Å²) < 4.78 is 17.4. The number of benzene rings is 1. The first-order chi connectivity index (χ1) is 17.7. The molecule has 204 valence electrons. The Bertz CT molecular complexity index is 974. The smallest absolute Gasteiger partial charge is 0.370 e. The molecular weight excluding hydrogens is 480 g/mol. The van der Waals surface area contributed by atoms with Crippen molar-refractivity contribution in [2.75, 3.05) is 19.8 Å². The minimum absolute atomic E-state index is 0.0246. The van der Waals surface area contributed by atoms with Gasteiger partial charge in [0.2, 0.25) is 0 Å². The third kappa shape index (κ3) is 5.32. The second-order valence-electron chi connectivity index (χ2n) is 11.6. The molecule has 0 unspecified atom stereocenters. The molecule has 3 fully saturated rings. The van der Waals surface area contributed by atoms with Crippen molar-refractivity contribution in [1.29, 1.82) is 0 Å². The minimum Gasteiger partial charge on any atom is -0.370 e. The summed E-state index contributed by atoms with van der Waals surface area (Å²) in [5, 5.41) is 1.03. The van der Waals surface area contributed by atoms with Crippen LogP contribution in [0.15, 0.2) is 42.0 Å². The molecule has 3 saturated carbocycles. The molecule has 1 aromatic rings. The average molecular weight is 527 g/mol. The van der Waals surface area contributed by atoms with Crippen LogP contribution in [0.5, 0.6) is 0 Å². The second kappa shape index (κ2) is 11.6. The molecule has 5 atom stereocenters. The molecule has 0 spiro atoms. The summed E-state index contributed by atoms with van der Waals surface area (Å²) in [6.07, 6.45) is 10.2. The zero-order chi connectivity index (χ0) is 26.7. The number of fused-ring (bicyclic) bond motifs is 5. The van der Waals surface area contributed by atoms with Gasteiger partial charge in [0.1, 0.15) is 5.78 Å². The van der Waals surface area contributed by atoms with Gasteiger partial charge in [-0.15, -0.1) is 0 Å². The van der Waals surface area contributed by atoms with E-state index in [0.29, 0.717) is 49.1 Å². The predicted molar refractivity (Wildman–Crippen MR) is 148 cm³/mol. The Labute approximate surface area is 224 Å². The third-order valence-electron chi connectivity index (χ3n) is 9.80. The van der Waals surface area contributed by atoms with Gasteiger partial charge in [0.05, 0.1) is 0 Å². The van der Waals surface area contributed by atoms with Gasteiger partial charge in [0.15, 0.2) is 5.78 Å². The van der Waals surface area contributed by atoms with Crippen LogP contribution in [0.1, 0.15) is 86.0 Å². The number of allylic oxidation sites excluding steroid dienone is 1. The molecular formula is C31H46O5Si. The lowest BCUT2D eigenvalue weighted by Crippen LogP contribution is -2.56. The molecule has 5 rings (SSSR count). The Balaban J connectivity index is 0.000000181. The van der Waals surface area contributed by atoms with Crippen LogP contribution in [0, 0.1) is 28.6 Å². The number of hydrogen-bond donors (Lipinski definition) is 0. The van der Waals surface area contributed by atoms with Crippen molar-refractivity contribution in [2.24, 2.45) is 28.6 Å². The number of Topliss-reactive ketones (excluding diaryl/α,β-unsaturated/α-hetero) is 1. The SMILES string of the molecule is CCO[Si](OCC)(OCC)c1ccccc1.C[C@]12CCC(=O)C=C1CC[C@@H]1[C@@H]2CC[C@]2(C)C(=O)CC[C@@H]12. The summed E-state index contributed by atoms with van der Waals surface area (Å²) in [5.74, 6) is 2.88. The van der Waals surface area contributed by atoms with E-state index in [1.54, 1.807) is 0 Å². The summed E-state index contributed by atoms with van der Waals surface area (Å²) in [6, 6.07) is 9.95. The highest BCUT2D eigenvalue weighted by atomic mass is 28.4. The van der Waals surface area contributed by atoms with Gasteiger partial charge >= 0.3 is 8.80 Å². The van der Waals surface area contributed by atoms with Gasteiger partial charge < -0.3 is 13.3 Å². The van der Waals surface area contributed by atoms with Crippen LogP contribution in [-0.2, 0) is 22.9 Å². The molecule has 6 heteroatoms. The lowest BCUT2D eigenvalue weighted by Gasteiger charge is -2.56. The average Bonchev–Trinajstić information content (AvgIpc) is 3.20. The molecule has 0 bridgehead atoms. The van der Waals surface area contributed by atoms with E-state index in [1.807, 2.05) is 57.2 Å². The van der Waals surface area contributed by atoms with Crippen molar-refractivity contribution in [3.05, 3.63) is 42.0 Å². The molecule has 1 aromatic carbocycles. The first-order valence-electron chi connectivity index (χ1n) is 14.5. The standard InChI is InChI=1S/C19H26O2.C12H20O3Si/c1-18-9-7-13(20)11-12(18)3-4-14-15-5-6-17(21)19(15,2)10-8-16(14)18;1-4-13-16(14-5-2,15-6-3)12-10-8-7-9-11-12/h11,14-16H,3-10H2,1-2H3;7-11H,4-6H2,1-3H3/t14-,15-,16-,18-,19-;/m0./s1. The Morgan fingerprint density at radius 3 is 2.03 bits per heavy atom. The number of carbonyl (C=O) groups is 2. The van der Waals surface area contributed by atoms with E-state index in [9.17, 15) is 9.59 Å². The maximum absolute atomic E-state index is 12.4. The number of carbonyl (C=O) groups excluding carboxylic acids is 2. The molecule has 0 amide bonds. The second-order valence-corrected chi connectivity index (χ2v) is 14.2. The topological polar surface area (TPSA) is 61.8 Å². The first kappa shape index (κ1) is 28.4. The predicted octanol–water partition coefficient (Wildman–Crippen LogP) is 6.03. The maximum atomic E-state index is 12.4. The fourth-order valence-corrected chi connectivity index (χ4v) is 10.4. The van der Waals surface area contributed by atoms with E-state index < -0.39 is 8.80 Å². The molecule has 5 nitrogen and oxygen atoms in total. The fourth-order valence-electron chi connectivity index (χ4n) is 7.92. The third-order valence-corrected chi connectivity index (χ3v) is 12.8. The number of hydrogen-bond acceptors (Lipinski definition) is 5. The van der Waals surface area contributed by atoms with Crippen LogP contribution >= 0.6 is 0 Å². The van der Waals surface area contributed by atoms with Crippen molar-refractivity contribution in [3.8, 4) is 0 Å². The van der Waals surface area contributed by atoms with Crippen LogP contribution in [0.2, 0.25) is 0 Å². The zero-order valence-electron chi connectivity index (χ0n) is 23.5. The Morgan fingerprint density at radius 1 is 0.784 bits per heavy atom. The Hall–Kier alpha value is -1.60. The molecule has 0 N–H and O–H groups in total. The normalized spacial score (nSPS) is 33.0. The van der Waals surface area contributed by atoms with Crippen LogP contribution in [0.4, 0.5) is 0 Å². The summed E-state index contributed by atoms with van der Waals surface area (Å²) in [7, 11) is -2.67. The van der Waals surface area contributed by atoms with Gasteiger partial charge in [0.25, 0.3) is 0 Å². The summed E-state index contributed by atoms with van der Waals surface area (Å²) >= 11 is 0. The molecule has 0 heterocycles. The monoisotopic (exact) mass is 526 g/mol. The van der Waals surface area contributed by atoms with Crippen LogP contribution in [-0.4, -0.2) is 40.2 Å². The van der Waals surface area contributed by atoms with E-state index in [1.165, 1.54) is 18.4 Å². The number of ketones is 2. The lowest BCUT2D eigenvalue weighted by molar-refractivity contribution is -0.132. The summed E-state index contributed by atoms with van der Waals surface area (Å²) in [5.41, 5.74) is 1.64. The van der Waals surface area contributed by atoms with E-state index in [-0.39, 0.29) is 10.8 Å². The van der Waals surface area contributed by atoms with Crippen molar-refractivity contribution in [1.82, 2.24) is 0 Å². The quantitative estimate of drug-likeness (QED) is 0.406. The summed E-state index contributed by atoms with van der Waals surface area (Å²) in [6.45, 7) is 12.3. The van der Waals surface area contributed by atoms with Crippen LogP contribution in [0.3, 0.4) is 0 Å². The zero-order valence-corrected chi connectivity index (χ0v) is 24.5. The first-order valence-corrected chi connectivity index (χ1v) is 16.2. The van der Waals surface area contributed by atoms with Crippen molar-refractivity contribution in [3.63, 3.8) is 0 Å². The number of rotatable bonds is 7. The molecule has 0 radical (unpaired) electrons. The molecule has 0 saturated heterocycles. The van der Waals surface area contributed by atoms with Crippen LogP contribution in [0.25, 0.3) is 0 Å². The fraction of sp³-hybridized carbons (Fsp3) is 0.677. The Kier molecular flexibility index (Phi) is 8.94. The van der Waals surface area contributed by atoms with Gasteiger partial charge in [-0.3, -0.25) is 9.59 Å². The van der Waals surface area contributed by atoms with Crippen molar-refractivity contribution in [2.45, 2.75) is 86.0 Å². The Morgan fingerprint density at radius 2 is 1.41 bits per heavy atom. The van der Waals surface area contributed by atoms with E-state index in [4.69, 9.17) is 13.3 Å². The van der Waals surface area contributed by atoms with Gasteiger partial charge in [-0.05, 0) is 88.5 Å². The highest BCUT2D eigenvalue weighted by Gasteiger charge is 2.58. The highest BCUT2D eigenvalue weighted by Crippen LogP contribution is 2.64. The molecule has 37 heavy (non-hydrogen) atoms. The minimum atomic E-state index is -2.67. The maximum Gasteiger partial charge on any atom is 0.537 e. The van der Waals surface area contributed by atoms with Gasteiger partial charge in [-0.1, -0.05) is 49.8 Å². The lowest BCUT2D eigenvalue weighted by atomic mass is 9.47. The van der Waals surface area contributed by atoms with Crippen molar-refractivity contribution < 1.29 is 22.9 Å². The van der Waals surface area contributed by atoms with Gasteiger partial charge in [-0.2, -0.15) is 0 Å². The molecule has 0 aliphatic heterocycles. The molecule has 4 aliphatic carbocycles. The van der Waals surface area contributed by atoms with Gasteiger partial charge in [0, 0.05) is 43.3 Å².